The van der Waals surface area contributed by atoms with Gasteiger partial charge in [-0.05, 0) is 38.4 Å². The van der Waals surface area contributed by atoms with Crippen molar-refractivity contribution in [2.75, 3.05) is 25.4 Å². The Bertz CT molecular complexity index is 1180. The van der Waals surface area contributed by atoms with Gasteiger partial charge in [0.15, 0.2) is 11.5 Å². The van der Waals surface area contributed by atoms with Crippen molar-refractivity contribution in [3.63, 3.8) is 0 Å². The van der Waals surface area contributed by atoms with Crippen molar-refractivity contribution in [1.29, 1.82) is 0 Å². The second kappa shape index (κ2) is 8.12. The maximum Gasteiger partial charge on any atom is 0.332 e. The molecule has 1 aliphatic heterocycles. The normalized spacial score (nSPS) is 14.7. The molecule has 0 atom stereocenters. The van der Waals surface area contributed by atoms with Crippen LogP contribution in [0.2, 0.25) is 0 Å². The summed E-state index contributed by atoms with van der Waals surface area (Å²) in [7, 11) is 3.15. The summed E-state index contributed by atoms with van der Waals surface area (Å²) in [6, 6.07) is 7.89. The van der Waals surface area contributed by atoms with Crippen LogP contribution in [-0.4, -0.2) is 49.4 Å². The number of aromatic nitrogens is 4. The lowest BCUT2D eigenvalue weighted by molar-refractivity contribution is 0.362. The van der Waals surface area contributed by atoms with E-state index in [1.54, 1.807) is 18.8 Å². The Balaban J connectivity index is 1.85. The van der Waals surface area contributed by atoms with E-state index in [0.717, 1.165) is 41.1 Å². The highest BCUT2D eigenvalue weighted by molar-refractivity contribution is 7.99. The Hall–Kier alpha value is -2.45. The minimum atomic E-state index is -0.384. The highest BCUT2D eigenvalue weighted by atomic mass is 32.2. The van der Waals surface area contributed by atoms with E-state index in [9.17, 15) is 9.59 Å². The number of rotatable bonds is 5. The third kappa shape index (κ3) is 3.74. The smallest absolute Gasteiger partial charge is 0.303 e. The first-order valence-electron chi connectivity index (χ1n) is 9.86. The molecule has 0 saturated carbocycles. The van der Waals surface area contributed by atoms with E-state index in [0.29, 0.717) is 21.9 Å². The number of thioether (sulfide) groups is 1. The van der Waals surface area contributed by atoms with Crippen LogP contribution in [0.3, 0.4) is 0 Å². The predicted molar refractivity (Wildman–Crippen MR) is 117 cm³/mol. The molecular formula is C21H25N5O2S. The molecule has 0 bridgehead atoms. The van der Waals surface area contributed by atoms with Gasteiger partial charge in [0.2, 0.25) is 0 Å². The van der Waals surface area contributed by atoms with Crippen LogP contribution in [0.25, 0.3) is 22.4 Å². The van der Waals surface area contributed by atoms with E-state index in [2.05, 4.69) is 9.88 Å². The first kappa shape index (κ1) is 19.8. The topological polar surface area (TPSA) is 73.0 Å². The number of hydrogen-bond donors (Lipinski definition) is 0. The van der Waals surface area contributed by atoms with Gasteiger partial charge in [-0.2, -0.15) is 0 Å². The summed E-state index contributed by atoms with van der Waals surface area (Å²) in [5.74, 6) is 1.38. The Morgan fingerprint density at radius 2 is 1.76 bits per heavy atom. The van der Waals surface area contributed by atoms with Crippen molar-refractivity contribution in [3.8, 4) is 11.4 Å². The zero-order valence-corrected chi connectivity index (χ0v) is 17.8. The van der Waals surface area contributed by atoms with E-state index >= 15 is 0 Å². The van der Waals surface area contributed by atoms with Crippen molar-refractivity contribution in [3.05, 3.63) is 50.7 Å². The monoisotopic (exact) mass is 411 g/mol. The van der Waals surface area contributed by atoms with E-state index in [1.807, 2.05) is 31.2 Å². The third-order valence-electron chi connectivity index (χ3n) is 5.50. The van der Waals surface area contributed by atoms with Crippen molar-refractivity contribution in [2.45, 2.75) is 24.8 Å². The zero-order valence-electron chi connectivity index (χ0n) is 17.0. The summed E-state index contributed by atoms with van der Waals surface area (Å²) in [6.45, 7) is 5.24. The summed E-state index contributed by atoms with van der Waals surface area (Å²) >= 11 is 1.57. The molecule has 152 valence electrons. The highest BCUT2D eigenvalue weighted by Gasteiger charge is 2.19. The van der Waals surface area contributed by atoms with Gasteiger partial charge in [-0.25, -0.2) is 14.8 Å². The number of fused-ring (bicyclic) bond motifs is 1. The van der Waals surface area contributed by atoms with Crippen molar-refractivity contribution in [1.82, 2.24) is 24.0 Å². The molecule has 1 saturated heterocycles. The Morgan fingerprint density at radius 3 is 2.48 bits per heavy atom. The first-order valence-corrected chi connectivity index (χ1v) is 10.8. The van der Waals surface area contributed by atoms with Gasteiger partial charge in [0, 0.05) is 32.0 Å². The van der Waals surface area contributed by atoms with Crippen molar-refractivity contribution in [2.24, 2.45) is 14.1 Å². The molecule has 0 N–H and O–H groups in total. The molecule has 7 nitrogen and oxygen atoms in total. The molecule has 8 heteroatoms. The zero-order chi connectivity index (χ0) is 20.5. The van der Waals surface area contributed by atoms with E-state index in [-0.39, 0.29) is 11.2 Å². The molecule has 1 aromatic carbocycles. The number of hydrogen-bond acceptors (Lipinski definition) is 6. The minimum absolute atomic E-state index is 0.344. The van der Waals surface area contributed by atoms with E-state index < -0.39 is 0 Å². The maximum atomic E-state index is 12.9. The molecule has 0 unspecified atom stereocenters. The lowest BCUT2D eigenvalue weighted by atomic mass is 10.1. The van der Waals surface area contributed by atoms with Crippen LogP contribution in [0.1, 0.15) is 18.4 Å². The Morgan fingerprint density at radius 1 is 1.03 bits per heavy atom. The fourth-order valence-electron chi connectivity index (χ4n) is 3.76. The molecule has 0 amide bonds. The second-order valence-corrected chi connectivity index (χ2v) is 8.55. The standard InChI is InChI=1S/C21H25N5O2S/c1-14-8-4-5-9-15(14)17-22-18-16(20(27)25(3)21(28)24(18)2)19(23-17)29-13-12-26-10-6-7-11-26/h4-5,8-9H,6-7,10-13H2,1-3H3. The second-order valence-electron chi connectivity index (χ2n) is 7.47. The highest BCUT2D eigenvalue weighted by Crippen LogP contribution is 2.27. The molecule has 1 fully saturated rings. The molecule has 1 aliphatic rings. The van der Waals surface area contributed by atoms with Gasteiger partial charge in [-0.15, -0.1) is 11.8 Å². The fourth-order valence-corrected chi connectivity index (χ4v) is 4.77. The molecule has 0 radical (unpaired) electrons. The summed E-state index contributed by atoms with van der Waals surface area (Å²) in [4.78, 5) is 37.2. The number of likely N-dealkylation sites (tertiary alicyclic amines) is 1. The van der Waals surface area contributed by atoms with Crippen molar-refractivity contribution < 1.29 is 0 Å². The molecule has 0 aliphatic carbocycles. The number of nitrogens with zero attached hydrogens (tertiary/aromatic N) is 5. The Labute approximate surface area is 173 Å². The molecular weight excluding hydrogens is 386 g/mol. The van der Waals surface area contributed by atoms with Crippen LogP contribution in [0.15, 0.2) is 38.9 Å². The van der Waals surface area contributed by atoms with Gasteiger partial charge in [0.1, 0.15) is 10.4 Å². The van der Waals surface area contributed by atoms with Crippen LogP contribution < -0.4 is 11.2 Å². The van der Waals surface area contributed by atoms with Crippen LogP contribution in [-0.2, 0) is 14.1 Å². The fraction of sp³-hybridized carbons (Fsp3) is 0.429. The van der Waals surface area contributed by atoms with Crippen molar-refractivity contribution >= 4 is 22.8 Å². The van der Waals surface area contributed by atoms with Gasteiger partial charge in [-0.3, -0.25) is 13.9 Å². The molecule has 0 spiro atoms. The summed E-state index contributed by atoms with van der Waals surface area (Å²) in [5.41, 5.74) is 1.61. The summed E-state index contributed by atoms with van der Waals surface area (Å²) in [5, 5.41) is 1.06. The molecule has 2 aromatic heterocycles. The molecule has 3 heterocycles. The largest absolute Gasteiger partial charge is 0.332 e. The Kier molecular flexibility index (Phi) is 5.56. The molecule has 4 rings (SSSR count). The van der Waals surface area contributed by atoms with Gasteiger partial charge in [-0.1, -0.05) is 24.3 Å². The quantitative estimate of drug-likeness (QED) is 0.473. The van der Waals surface area contributed by atoms with Crippen LogP contribution in [0.5, 0.6) is 0 Å². The van der Waals surface area contributed by atoms with Gasteiger partial charge >= 0.3 is 5.69 Å². The van der Waals surface area contributed by atoms with Gasteiger partial charge in [0.25, 0.3) is 5.56 Å². The van der Waals surface area contributed by atoms with Gasteiger partial charge < -0.3 is 4.90 Å². The maximum absolute atomic E-state index is 12.9. The first-order chi connectivity index (χ1) is 14.0. The van der Waals surface area contributed by atoms with Crippen LogP contribution in [0, 0.1) is 6.92 Å². The lowest BCUT2D eigenvalue weighted by Crippen LogP contribution is -2.37. The lowest BCUT2D eigenvalue weighted by Gasteiger charge is -2.15. The SMILES string of the molecule is Cc1ccccc1-c1nc(SCCN2CCCC2)c2c(=O)n(C)c(=O)n(C)c2n1. The minimum Gasteiger partial charge on any atom is -0.303 e. The molecule has 3 aromatic rings. The average Bonchev–Trinajstić information content (AvgIpc) is 3.24. The molecule has 29 heavy (non-hydrogen) atoms. The van der Waals surface area contributed by atoms with E-state index in [1.165, 1.54) is 24.5 Å². The number of aryl methyl sites for hydroxylation is 2. The average molecular weight is 412 g/mol. The third-order valence-corrected chi connectivity index (χ3v) is 6.45. The van der Waals surface area contributed by atoms with Crippen LogP contribution >= 0.6 is 11.8 Å². The predicted octanol–water partition coefficient (Wildman–Crippen LogP) is 2.19. The van der Waals surface area contributed by atoms with E-state index in [4.69, 9.17) is 4.98 Å². The summed E-state index contributed by atoms with van der Waals surface area (Å²) < 4.78 is 2.56. The number of benzene rings is 1. The summed E-state index contributed by atoms with van der Waals surface area (Å²) in [6.07, 6.45) is 2.50. The van der Waals surface area contributed by atoms with Crippen LogP contribution in [0.4, 0.5) is 0 Å². The van der Waals surface area contributed by atoms with Gasteiger partial charge in [0.05, 0.1) is 0 Å².